The molecular weight excluding hydrogens is 200 g/mol. The maximum atomic E-state index is 12.3. The molecule has 0 aromatic carbocycles. The van der Waals surface area contributed by atoms with Crippen LogP contribution in [0.2, 0.25) is 0 Å². The van der Waals surface area contributed by atoms with Crippen LogP contribution in [0.5, 0.6) is 0 Å². The van der Waals surface area contributed by atoms with Crippen molar-refractivity contribution in [1.82, 2.24) is 10.2 Å². The SMILES string of the molecule is O=C(C1=CCCC1)N1CC2CNCC(C2)C1. The van der Waals surface area contributed by atoms with Gasteiger partial charge in [0.25, 0.3) is 0 Å². The van der Waals surface area contributed by atoms with Gasteiger partial charge in [0, 0.05) is 18.7 Å². The van der Waals surface area contributed by atoms with E-state index in [2.05, 4.69) is 16.3 Å². The third-order valence-electron chi connectivity index (χ3n) is 4.09. The largest absolute Gasteiger partial charge is 0.338 e. The summed E-state index contributed by atoms with van der Waals surface area (Å²) in [6.07, 6.45) is 6.73. The van der Waals surface area contributed by atoms with Crippen molar-refractivity contribution in [2.45, 2.75) is 25.7 Å². The Balaban J connectivity index is 1.68. The van der Waals surface area contributed by atoms with Gasteiger partial charge in [0.2, 0.25) is 5.91 Å². The normalized spacial score (nSPS) is 33.8. The molecule has 1 aliphatic carbocycles. The van der Waals surface area contributed by atoms with E-state index < -0.39 is 0 Å². The quantitative estimate of drug-likeness (QED) is 0.719. The van der Waals surface area contributed by atoms with Crippen molar-refractivity contribution in [3.05, 3.63) is 11.6 Å². The molecule has 0 aromatic rings. The van der Waals surface area contributed by atoms with Crippen LogP contribution in [-0.2, 0) is 4.79 Å². The first-order valence-corrected chi connectivity index (χ1v) is 6.52. The van der Waals surface area contributed by atoms with E-state index in [0.717, 1.165) is 44.6 Å². The van der Waals surface area contributed by atoms with Crippen LogP contribution >= 0.6 is 0 Å². The molecule has 0 aromatic heterocycles. The van der Waals surface area contributed by atoms with Crippen molar-refractivity contribution < 1.29 is 4.79 Å². The highest BCUT2D eigenvalue weighted by atomic mass is 16.2. The van der Waals surface area contributed by atoms with E-state index >= 15 is 0 Å². The number of fused-ring (bicyclic) bond motifs is 2. The molecular formula is C13H20N2O. The molecule has 0 spiro atoms. The molecule has 3 rings (SSSR count). The highest BCUT2D eigenvalue weighted by Crippen LogP contribution is 2.27. The van der Waals surface area contributed by atoms with E-state index in [9.17, 15) is 4.79 Å². The molecule has 2 unspecified atom stereocenters. The summed E-state index contributed by atoms with van der Waals surface area (Å²) in [4.78, 5) is 14.4. The molecule has 3 aliphatic rings. The van der Waals surface area contributed by atoms with Crippen LogP contribution in [0.3, 0.4) is 0 Å². The highest BCUT2D eigenvalue weighted by Gasteiger charge is 2.33. The van der Waals surface area contributed by atoms with Gasteiger partial charge in [-0.05, 0) is 50.6 Å². The Bertz CT molecular complexity index is 312. The standard InChI is InChI=1S/C13H20N2O/c16-13(12-3-1-2-4-12)15-8-10-5-11(9-15)7-14-6-10/h3,10-11,14H,1-2,4-9H2. The molecule has 2 fully saturated rings. The minimum absolute atomic E-state index is 0.328. The number of nitrogens with one attached hydrogen (secondary N) is 1. The average molecular weight is 220 g/mol. The second-order valence-corrected chi connectivity index (χ2v) is 5.46. The minimum atomic E-state index is 0.328. The summed E-state index contributed by atoms with van der Waals surface area (Å²) in [6, 6.07) is 0. The van der Waals surface area contributed by atoms with Gasteiger partial charge in [0.15, 0.2) is 0 Å². The molecule has 16 heavy (non-hydrogen) atoms. The lowest BCUT2D eigenvalue weighted by atomic mass is 9.85. The molecule has 0 radical (unpaired) electrons. The predicted octanol–water partition coefficient (Wildman–Crippen LogP) is 1.16. The zero-order chi connectivity index (χ0) is 11.0. The summed E-state index contributed by atoms with van der Waals surface area (Å²) < 4.78 is 0. The van der Waals surface area contributed by atoms with Crippen LogP contribution in [0, 0.1) is 11.8 Å². The maximum absolute atomic E-state index is 12.3. The average Bonchev–Trinajstić information content (AvgIpc) is 2.81. The van der Waals surface area contributed by atoms with Gasteiger partial charge in [0.1, 0.15) is 0 Å². The molecule has 2 bridgehead atoms. The van der Waals surface area contributed by atoms with E-state index in [1.165, 1.54) is 12.8 Å². The van der Waals surface area contributed by atoms with E-state index in [0.29, 0.717) is 17.7 Å². The number of hydrogen-bond acceptors (Lipinski definition) is 2. The number of hydrogen-bond donors (Lipinski definition) is 1. The lowest BCUT2D eigenvalue weighted by Gasteiger charge is -2.41. The van der Waals surface area contributed by atoms with Crippen LogP contribution in [0.1, 0.15) is 25.7 Å². The molecule has 3 heteroatoms. The zero-order valence-electron chi connectivity index (χ0n) is 9.74. The fraction of sp³-hybridized carbons (Fsp3) is 0.769. The summed E-state index contributed by atoms with van der Waals surface area (Å²) in [7, 11) is 0. The van der Waals surface area contributed by atoms with Crippen LogP contribution in [0.25, 0.3) is 0 Å². The van der Waals surface area contributed by atoms with E-state index in [1.54, 1.807) is 0 Å². The number of likely N-dealkylation sites (tertiary alicyclic amines) is 1. The van der Waals surface area contributed by atoms with Crippen LogP contribution < -0.4 is 5.32 Å². The summed E-state index contributed by atoms with van der Waals surface area (Å²) in [5, 5.41) is 3.46. The number of carbonyl (C=O) groups is 1. The Hall–Kier alpha value is -0.830. The van der Waals surface area contributed by atoms with E-state index in [1.807, 2.05) is 0 Å². The van der Waals surface area contributed by atoms with Gasteiger partial charge in [-0.3, -0.25) is 4.79 Å². The first-order valence-electron chi connectivity index (χ1n) is 6.52. The number of piperidine rings is 2. The Kier molecular flexibility index (Phi) is 2.72. The second-order valence-electron chi connectivity index (χ2n) is 5.46. The number of rotatable bonds is 1. The monoisotopic (exact) mass is 220 g/mol. The fourth-order valence-electron chi connectivity index (χ4n) is 3.34. The number of nitrogens with zero attached hydrogens (tertiary/aromatic N) is 1. The smallest absolute Gasteiger partial charge is 0.249 e. The first kappa shape index (κ1) is 10.3. The molecule has 2 saturated heterocycles. The highest BCUT2D eigenvalue weighted by molar-refractivity contribution is 5.93. The van der Waals surface area contributed by atoms with Crippen molar-refractivity contribution >= 4 is 5.91 Å². The third kappa shape index (κ3) is 1.88. The van der Waals surface area contributed by atoms with Gasteiger partial charge >= 0.3 is 0 Å². The first-order chi connectivity index (χ1) is 7.83. The van der Waals surface area contributed by atoms with Gasteiger partial charge in [0.05, 0.1) is 0 Å². The topological polar surface area (TPSA) is 32.3 Å². The van der Waals surface area contributed by atoms with Crippen molar-refractivity contribution in [2.24, 2.45) is 11.8 Å². The summed E-state index contributed by atoms with van der Waals surface area (Å²) in [5.41, 5.74) is 1.08. The Morgan fingerprint density at radius 3 is 2.69 bits per heavy atom. The van der Waals surface area contributed by atoms with Gasteiger partial charge < -0.3 is 10.2 Å². The van der Waals surface area contributed by atoms with Gasteiger partial charge in [-0.2, -0.15) is 0 Å². The summed E-state index contributed by atoms with van der Waals surface area (Å²) >= 11 is 0. The van der Waals surface area contributed by atoms with Crippen LogP contribution in [0.15, 0.2) is 11.6 Å². The van der Waals surface area contributed by atoms with Crippen molar-refractivity contribution in [1.29, 1.82) is 0 Å². The predicted molar refractivity (Wildman–Crippen MR) is 63.0 cm³/mol. The van der Waals surface area contributed by atoms with Crippen molar-refractivity contribution in [2.75, 3.05) is 26.2 Å². The Labute approximate surface area is 96.9 Å². The lowest BCUT2D eigenvalue weighted by molar-refractivity contribution is -0.130. The Morgan fingerprint density at radius 2 is 2.06 bits per heavy atom. The maximum Gasteiger partial charge on any atom is 0.249 e. The molecule has 0 saturated carbocycles. The van der Waals surface area contributed by atoms with E-state index in [4.69, 9.17) is 0 Å². The van der Waals surface area contributed by atoms with E-state index in [-0.39, 0.29) is 0 Å². The molecule has 1 N–H and O–H groups in total. The molecule has 3 nitrogen and oxygen atoms in total. The summed E-state index contributed by atoms with van der Waals surface area (Å²) in [6.45, 7) is 4.14. The zero-order valence-corrected chi connectivity index (χ0v) is 9.74. The molecule has 1 amide bonds. The molecule has 2 heterocycles. The lowest BCUT2D eigenvalue weighted by Crippen LogP contribution is -2.52. The van der Waals surface area contributed by atoms with Crippen LogP contribution in [0.4, 0.5) is 0 Å². The number of amides is 1. The van der Waals surface area contributed by atoms with Crippen LogP contribution in [-0.4, -0.2) is 37.0 Å². The molecule has 2 aliphatic heterocycles. The minimum Gasteiger partial charge on any atom is -0.338 e. The Morgan fingerprint density at radius 1 is 1.31 bits per heavy atom. The third-order valence-corrected chi connectivity index (χ3v) is 4.09. The van der Waals surface area contributed by atoms with Gasteiger partial charge in [-0.15, -0.1) is 0 Å². The number of carbonyl (C=O) groups excluding carboxylic acids is 1. The molecule has 2 atom stereocenters. The van der Waals surface area contributed by atoms with Gasteiger partial charge in [-0.1, -0.05) is 6.08 Å². The molecule has 88 valence electrons. The van der Waals surface area contributed by atoms with Gasteiger partial charge in [-0.25, -0.2) is 0 Å². The summed E-state index contributed by atoms with van der Waals surface area (Å²) in [5.74, 6) is 1.71. The van der Waals surface area contributed by atoms with Crippen molar-refractivity contribution in [3.8, 4) is 0 Å². The number of allylic oxidation sites excluding steroid dienone is 1. The second kappa shape index (κ2) is 4.21. The fourth-order valence-corrected chi connectivity index (χ4v) is 3.34. The van der Waals surface area contributed by atoms with Crippen molar-refractivity contribution in [3.63, 3.8) is 0 Å².